The Hall–Kier alpha value is -3.34. The number of ether oxygens (including phenoxy) is 2. The fraction of sp³-hybridized carbons (Fsp3) is 0.280. The van der Waals surface area contributed by atoms with Crippen molar-refractivity contribution in [2.75, 3.05) is 0 Å². The Morgan fingerprint density at radius 3 is 2.13 bits per heavy atom. The largest absolute Gasteiger partial charge is 0.491 e. The third kappa shape index (κ3) is 4.46. The van der Waals surface area contributed by atoms with Gasteiger partial charge in [0.15, 0.2) is 0 Å². The second kappa shape index (κ2) is 7.82. The Balaban J connectivity index is 1.65. The quantitative estimate of drug-likeness (QED) is 0.410. The molecule has 0 atom stereocenters. The number of benzene rings is 1. The summed E-state index contributed by atoms with van der Waals surface area (Å²) in [6.45, 7) is 10.1. The van der Waals surface area contributed by atoms with Crippen molar-refractivity contribution in [3.8, 4) is 34.0 Å². The van der Waals surface area contributed by atoms with E-state index in [1.165, 1.54) is 0 Å². The average molecular weight is 402 g/mol. The van der Waals surface area contributed by atoms with Crippen LogP contribution in [0.4, 0.5) is 0 Å². The zero-order chi connectivity index (χ0) is 21.3. The van der Waals surface area contributed by atoms with Gasteiger partial charge in [0.05, 0.1) is 18.0 Å². The van der Waals surface area contributed by atoms with E-state index in [0.717, 1.165) is 33.8 Å². The SMILES string of the molecule is CC(C)Oc1ccc(-c2ccc3ncc(-c4ccc(OC(C)(C)C)nc4)n3c2)cc1. The summed E-state index contributed by atoms with van der Waals surface area (Å²) < 4.78 is 13.7. The first-order valence-corrected chi connectivity index (χ1v) is 10.2. The maximum atomic E-state index is 5.83. The molecular weight excluding hydrogens is 374 g/mol. The van der Waals surface area contributed by atoms with Gasteiger partial charge in [0.2, 0.25) is 5.88 Å². The summed E-state index contributed by atoms with van der Waals surface area (Å²) in [7, 11) is 0. The lowest BCUT2D eigenvalue weighted by Gasteiger charge is -2.20. The summed E-state index contributed by atoms with van der Waals surface area (Å²) in [4.78, 5) is 9.01. The molecule has 5 nitrogen and oxygen atoms in total. The average Bonchev–Trinajstić information content (AvgIpc) is 3.11. The molecule has 3 aromatic heterocycles. The van der Waals surface area contributed by atoms with Crippen molar-refractivity contribution >= 4 is 5.65 Å². The summed E-state index contributed by atoms with van der Waals surface area (Å²) in [5.41, 5.74) is 4.83. The third-order valence-electron chi connectivity index (χ3n) is 4.51. The Labute approximate surface area is 177 Å². The molecule has 4 rings (SSSR count). The van der Waals surface area contributed by atoms with Crippen LogP contribution in [0, 0.1) is 0 Å². The molecule has 0 saturated heterocycles. The first kappa shape index (κ1) is 20.0. The van der Waals surface area contributed by atoms with Crippen LogP contribution in [0.25, 0.3) is 28.0 Å². The zero-order valence-corrected chi connectivity index (χ0v) is 18.1. The van der Waals surface area contributed by atoms with E-state index in [4.69, 9.17) is 9.47 Å². The molecule has 0 aliphatic heterocycles. The highest BCUT2D eigenvalue weighted by atomic mass is 16.5. The molecule has 30 heavy (non-hydrogen) atoms. The fourth-order valence-corrected chi connectivity index (χ4v) is 3.27. The van der Waals surface area contributed by atoms with E-state index in [1.54, 1.807) is 0 Å². The summed E-state index contributed by atoms with van der Waals surface area (Å²) in [6, 6.07) is 16.2. The topological polar surface area (TPSA) is 48.7 Å². The Kier molecular flexibility index (Phi) is 5.20. The minimum atomic E-state index is -0.275. The molecule has 0 saturated carbocycles. The number of imidazole rings is 1. The predicted molar refractivity (Wildman–Crippen MR) is 120 cm³/mol. The second-order valence-corrected chi connectivity index (χ2v) is 8.58. The molecule has 0 unspecified atom stereocenters. The van der Waals surface area contributed by atoms with Crippen molar-refractivity contribution in [3.05, 3.63) is 67.1 Å². The number of nitrogens with zero attached hydrogens (tertiary/aromatic N) is 3. The number of pyridine rings is 2. The molecule has 0 fully saturated rings. The molecular formula is C25H27N3O2. The van der Waals surface area contributed by atoms with Gasteiger partial charge < -0.3 is 9.47 Å². The number of hydrogen-bond donors (Lipinski definition) is 0. The summed E-state index contributed by atoms with van der Waals surface area (Å²) in [6.07, 6.45) is 5.97. The number of aromatic nitrogens is 3. The molecule has 3 heterocycles. The minimum Gasteiger partial charge on any atom is -0.491 e. The van der Waals surface area contributed by atoms with Crippen LogP contribution in [-0.4, -0.2) is 26.1 Å². The number of fused-ring (bicyclic) bond motifs is 1. The van der Waals surface area contributed by atoms with Crippen molar-refractivity contribution in [2.24, 2.45) is 0 Å². The van der Waals surface area contributed by atoms with Crippen LogP contribution in [0.5, 0.6) is 11.6 Å². The number of rotatable bonds is 5. The summed E-state index contributed by atoms with van der Waals surface area (Å²) >= 11 is 0. The molecule has 154 valence electrons. The molecule has 4 aromatic rings. The highest BCUT2D eigenvalue weighted by molar-refractivity contribution is 5.69. The fourth-order valence-electron chi connectivity index (χ4n) is 3.27. The van der Waals surface area contributed by atoms with E-state index < -0.39 is 0 Å². The van der Waals surface area contributed by atoms with Crippen LogP contribution in [-0.2, 0) is 0 Å². The van der Waals surface area contributed by atoms with Crippen molar-refractivity contribution < 1.29 is 9.47 Å². The molecule has 0 aliphatic rings. The monoisotopic (exact) mass is 401 g/mol. The van der Waals surface area contributed by atoms with Crippen LogP contribution < -0.4 is 9.47 Å². The van der Waals surface area contributed by atoms with Gasteiger partial charge in [-0.3, -0.25) is 4.40 Å². The van der Waals surface area contributed by atoms with Gasteiger partial charge in [-0.05, 0) is 76.1 Å². The van der Waals surface area contributed by atoms with E-state index in [9.17, 15) is 0 Å². The highest BCUT2D eigenvalue weighted by Gasteiger charge is 2.13. The maximum absolute atomic E-state index is 5.83. The van der Waals surface area contributed by atoms with Gasteiger partial charge in [-0.25, -0.2) is 9.97 Å². The second-order valence-electron chi connectivity index (χ2n) is 8.58. The van der Waals surface area contributed by atoms with Crippen molar-refractivity contribution in [2.45, 2.75) is 46.3 Å². The van der Waals surface area contributed by atoms with Gasteiger partial charge in [-0.1, -0.05) is 12.1 Å². The van der Waals surface area contributed by atoms with Gasteiger partial charge >= 0.3 is 0 Å². The van der Waals surface area contributed by atoms with Crippen LogP contribution in [0.1, 0.15) is 34.6 Å². The standard InChI is InChI=1S/C25H27N3O2/c1-17(2)29-21-10-6-18(7-11-21)20-8-12-23-26-15-22(28(23)16-20)19-9-13-24(27-14-19)30-25(3,4)5/h6-17H,1-5H3. The normalized spacial score (nSPS) is 11.8. The first-order valence-electron chi connectivity index (χ1n) is 10.2. The molecule has 0 aliphatic carbocycles. The van der Waals surface area contributed by atoms with Crippen molar-refractivity contribution in [3.63, 3.8) is 0 Å². The minimum absolute atomic E-state index is 0.162. The van der Waals surface area contributed by atoms with Crippen LogP contribution >= 0.6 is 0 Å². The lowest BCUT2D eigenvalue weighted by atomic mass is 10.1. The lowest BCUT2D eigenvalue weighted by Crippen LogP contribution is -2.23. The van der Waals surface area contributed by atoms with Crippen LogP contribution in [0.15, 0.2) is 67.1 Å². The van der Waals surface area contributed by atoms with E-state index >= 15 is 0 Å². The van der Waals surface area contributed by atoms with E-state index in [1.807, 2.05) is 77.3 Å². The van der Waals surface area contributed by atoms with E-state index in [2.05, 4.69) is 38.8 Å². The number of hydrogen-bond acceptors (Lipinski definition) is 4. The predicted octanol–water partition coefficient (Wildman–Crippen LogP) is 6.03. The third-order valence-corrected chi connectivity index (χ3v) is 4.51. The Morgan fingerprint density at radius 1 is 0.800 bits per heavy atom. The van der Waals surface area contributed by atoms with Gasteiger partial charge in [0, 0.05) is 24.0 Å². The summed E-state index contributed by atoms with van der Waals surface area (Å²) in [5.74, 6) is 1.49. The van der Waals surface area contributed by atoms with Gasteiger partial charge in [-0.2, -0.15) is 0 Å². The molecule has 0 spiro atoms. The summed E-state index contributed by atoms with van der Waals surface area (Å²) in [5, 5.41) is 0. The van der Waals surface area contributed by atoms with E-state index in [-0.39, 0.29) is 11.7 Å². The highest BCUT2D eigenvalue weighted by Crippen LogP contribution is 2.27. The van der Waals surface area contributed by atoms with Gasteiger partial charge in [-0.15, -0.1) is 0 Å². The molecule has 0 amide bonds. The maximum Gasteiger partial charge on any atom is 0.213 e. The van der Waals surface area contributed by atoms with E-state index in [0.29, 0.717) is 5.88 Å². The molecule has 0 bridgehead atoms. The lowest BCUT2D eigenvalue weighted by molar-refractivity contribution is 0.124. The van der Waals surface area contributed by atoms with Gasteiger partial charge in [0.25, 0.3) is 0 Å². The van der Waals surface area contributed by atoms with Gasteiger partial charge in [0.1, 0.15) is 17.0 Å². The van der Waals surface area contributed by atoms with Crippen LogP contribution in [0.2, 0.25) is 0 Å². The molecule has 0 radical (unpaired) electrons. The van der Waals surface area contributed by atoms with Crippen LogP contribution in [0.3, 0.4) is 0 Å². The molecule has 0 N–H and O–H groups in total. The molecule has 5 heteroatoms. The van der Waals surface area contributed by atoms with Crippen molar-refractivity contribution in [1.29, 1.82) is 0 Å². The first-order chi connectivity index (χ1) is 14.3. The zero-order valence-electron chi connectivity index (χ0n) is 18.1. The molecule has 1 aromatic carbocycles. The Morgan fingerprint density at radius 2 is 1.50 bits per heavy atom. The smallest absolute Gasteiger partial charge is 0.213 e. The van der Waals surface area contributed by atoms with Crippen molar-refractivity contribution in [1.82, 2.24) is 14.4 Å². The Bertz CT molecular complexity index is 1140.